The lowest BCUT2D eigenvalue weighted by molar-refractivity contribution is 0.210. The molecule has 2 rings (SSSR count). The molecule has 0 aliphatic heterocycles. The molecule has 2 N–H and O–H groups in total. The SMILES string of the molecule is COCCNc1cc(Nc2cc(C)c(Cl)cc2OC)ncn1. The molecule has 0 spiro atoms. The molecule has 22 heavy (non-hydrogen) atoms. The Morgan fingerprint density at radius 3 is 2.64 bits per heavy atom. The molecule has 1 heterocycles. The average Bonchev–Trinajstić information content (AvgIpc) is 2.51. The molecule has 0 radical (unpaired) electrons. The standard InChI is InChI=1S/C15H19ClN4O2/c1-10-6-12(13(22-3)7-11(10)16)20-15-8-14(18-9-19-15)17-4-5-21-2/h6-9H,4-5H2,1-3H3,(H2,17,18,19,20). The second-order valence-electron chi connectivity index (χ2n) is 4.63. The van der Waals surface area contributed by atoms with Crippen LogP contribution in [-0.2, 0) is 4.74 Å². The molecule has 0 amide bonds. The van der Waals surface area contributed by atoms with Gasteiger partial charge in [0.15, 0.2) is 0 Å². The third kappa shape index (κ3) is 4.22. The summed E-state index contributed by atoms with van der Waals surface area (Å²) in [7, 11) is 3.26. The summed E-state index contributed by atoms with van der Waals surface area (Å²) in [5.74, 6) is 2.04. The average molecular weight is 323 g/mol. The fourth-order valence-corrected chi connectivity index (χ4v) is 2.02. The van der Waals surface area contributed by atoms with Gasteiger partial charge in [-0.25, -0.2) is 9.97 Å². The van der Waals surface area contributed by atoms with Gasteiger partial charge in [-0.05, 0) is 18.6 Å². The lowest BCUT2D eigenvalue weighted by Crippen LogP contribution is -2.09. The quantitative estimate of drug-likeness (QED) is 0.763. The van der Waals surface area contributed by atoms with E-state index in [-0.39, 0.29) is 0 Å². The number of ether oxygens (including phenoxy) is 2. The van der Waals surface area contributed by atoms with Crippen LogP contribution in [0.5, 0.6) is 5.75 Å². The highest BCUT2D eigenvalue weighted by Crippen LogP contribution is 2.32. The first-order valence-electron chi connectivity index (χ1n) is 6.80. The van der Waals surface area contributed by atoms with Crippen molar-refractivity contribution in [3.63, 3.8) is 0 Å². The third-order valence-electron chi connectivity index (χ3n) is 3.02. The maximum atomic E-state index is 6.11. The van der Waals surface area contributed by atoms with Crippen LogP contribution in [0.3, 0.4) is 0 Å². The zero-order valence-corrected chi connectivity index (χ0v) is 13.6. The van der Waals surface area contributed by atoms with Crippen LogP contribution in [0, 0.1) is 6.92 Å². The van der Waals surface area contributed by atoms with Gasteiger partial charge in [0.1, 0.15) is 23.7 Å². The van der Waals surface area contributed by atoms with Crippen LogP contribution in [-0.4, -0.2) is 37.3 Å². The summed E-state index contributed by atoms with van der Waals surface area (Å²) in [5, 5.41) is 7.03. The maximum Gasteiger partial charge on any atom is 0.143 e. The van der Waals surface area contributed by atoms with E-state index in [1.807, 2.05) is 19.1 Å². The summed E-state index contributed by atoms with van der Waals surface area (Å²) in [6, 6.07) is 5.51. The van der Waals surface area contributed by atoms with Crippen LogP contribution in [0.15, 0.2) is 24.5 Å². The minimum absolute atomic E-state index is 0.608. The van der Waals surface area contributed by atoms with Crippen molar-refractivity contribution >= 4 is 28.9 Å². The number of aromatic nitrogens is 2. The van der Waals surface area contributed by atoms with Gasteiger partial charge < -0.3 is 20.1 Å². The molecule has 0 saturated carbocycles. The number of nitrogens with zero attached hydrogens (tertiary/aromatic N) is 2. The van der Waals surface area contributed by atoms with Crippen LogP contribution in [0.2, 0.25) is 5.02 Å². The second-order valence-corrected chi connectivity index (χ2v) is 5.04. The number of rotatable bonds is 7. The highest BCUT2D eigenvalue weighted by Gasteiger charge is 2.08. The molecule has 6 nitrogen and oxygen atoms in total. The van der Waals surface area contributed by atoms with Gasteiger partial charge in [-0.15, -0.1) is 0 Å². The summed E-state index contributed by atoms with van der Waals surface area (Å²) >= 11 is 6.11. The van der Waals surface area contributed by atoms with Gasteiger partial charge in [0, 0.05) is 30.8 Å². The van der Waals surface area contributed by atoms with Gasteiger partial charge in [0.25, 0.3) is 0 Å². The Kier molecular flexibility index (Phi) is 5.80. The second kappa shape index (κ2) is 7.82. The van der Waals surface area contributed by atoms with Crippen LogP contribution < -0.4 is 15.4 Å². The van der Waals surface area contributed by atoms with Crippen molar-refractivity contribution in [3.8, 4) is 5.75 Å². The van der Waals surface area contributed by atoms with Crippen molar-refractivity contribution in [2.75, 3.05) is 38.0 Å². The summed E-state index contributed by atoms with van der Waals surface area (Å²) in [4.78, 5) is 8.37. The Morgan fingerprint density at radius 2 is 1.91 bits per heavy atom. The minimum atomic E-state index is 0.608. The van der Waals surface area contributed by atoms with E-state index in [4.69, 9.17) is 21.1 Å². The monoisotopic (exact) mass is 322 g/mol. The summed E-state index contributed by atoms with van der Waals surface area (Å²) < 4.78 is 10.3. The zero-order chi connectivity index (χ0) is 15.9. The maximum absolute atomic E-state index is 6.11. The Hall–Kier alpha value is -2.05. The lowest BCUT2D eigenvalue weighted by atomic mass is 10.2. The first kappa shape index (κ1) is 16.3. The Balaban J connectivity index is 2.16. The van der Waals surface area contributed by atoms with E-state index in [0.29, 0.717) is 29.7 Å². The molecule has 0 bridgehead atoms. The fraction of sp³-hybridized carbons (Fsp3) is 0.333. The normalized spacial score (nSPS) is 10.4. The first-order chi connectivity index (χ1) is 10.6. The smallest absolute Gasteiger partial charge is 0.143 e. The molecule has 0 unspecified atom stereocenters. The number of hydrogen-bond donors (Lipinski definition) is 2. The predicted octanol–water partition coefficient (Wildman–Crippen LogP) is 3.25. The van der Waals surface area contributed by atoms with E-state index >= 15 is 0 Å². The molecule has 0 aliphatic carbocycles. The molecule has 0 fully saturated rings. The van der Waals surface area contributed by atoms with Crippen molar-refractivity contribution < 1.29 is 9.47 Å². The van der Waals surface area contributed by atoms with Gasteiger partial charge in [-0.1, -0.05) is 11.6 Å². The fourth-order valence-electron chi connectivity index (χ4n) is 1.87. The lowest BCUT2D eigenvalue weighted by Gasteiger charge is -2.13. The van der Waals surface area contributed by atoms with Crippen LogP contribution in [0.1, 0.15) is 5.56 Å². The van der Waals surface area contributed by atoms with Gasteiger partial charge in [-0.3, -0.25) is 0 Å². The number of anilines is 3. The first-order valence-corrected chi connectivity index (χ1v) is 7.18. The van der Waals surface area contributed by atoms with Gasteiger partial charge in [0.2, 0.25) is 0 Å². The van der Waals surface area contributed by atoms with Gasteiger partial charge in [-0.2, -0.15) is 0 Å². The number of benzene rings is 1. The van der Waals surface area contributed by atoms with E-state index in [9.17, 15) is 0 Å². The summed E-state index contributed by atoms with van der Waals surface area (Å²) in [5.41, 5.74) is 1.75. The molecular formula is C15H19ClN4O2. The summed E-state index contributed by atoms with van der Waals surface area (Å²) in [6.07, 6.45) is 1.49. The Bertz CT molecular complexity index is 637. The van der Waals surface area contributed by atoms with Crippen LogP contribution in [0.4, 0.5) is 17.3 Å². The van der Waals surface area contributed by atoms with Gasteiger partial charge >= 0.3 is 0 Å². The Morgan fingerprint density at radius 1 is 1.14 bits per heavy atom. The predicted molar refractivity (Wildman–Crippen MR) is 88.4 cm³/mol. The third-order valence-corrected chi connectivity index (χ3v) is 3.43. The number of methoxy groups -OCH3 is 2. The molecular weight excluding hydrogens is 304 g/mol. The molecule has 1 aromatic heterocycles. The number of hydrogen-bond acceptors (Lipinski definition) is 6. The van der Waals surface area contributed by atoms with Crippen LogP contribution in [0.25, 0.3) is 0 Å². The summed E-state index contributed by atoms with van der Waals surface area (Å²) in [6.45, 7) is 3.22. The van der Waals surface area contributed by atoms with E-state index < -0.39 is 0 Å². The van der Waals surface area contributed by atoms with Crippen molar-refractivity contribution in [1.29, 1.82) is 0 Å². The van der Waals surface area contributed by atoms with Crippen molar-refractivity contribution in [1.82, 2.24) is 9.97 Å². The number of halogens is 1. The van der Waals surface area contributed by atoms with Crippen LogP contribution >= 0.6 is 11.6 Å². The highest BCUT2D eigenvalue weighted by atomic mass is 35.5. The highest BCUT2D eigenvalue weighted by molar-refractivity contribution is 6.31. The molecule has 7 heteroatoms. The van der Waals surface area contributed by atoms with E-state index in [1.54, 1.807) is 20.3 Å². The molecule has 0 saturated heterocycles. The zero-order valence-electron chi connectivity index (χ0n) is 12.8. The Labute approximate surface area is 134 Å². The van der Waals surface area contributed by atoms with Crippen molar-refractivity contribution in [2.45, 2.75) is 6.92 Å². The molecule has 0 aliphatic rings. The largest absolute Gasteiger partial charge is 0.495 e. The topological polar surface area (TPSA) is 68.3 Å². The number of nitrogens with one attached hydrogen (secondary N) is 2. The van der Waals surface area contributed by atoms with Crippen molar-refractivity contribution in [3.05, 3.63) is 35.1 Å². The van der Waals surface area contributed by atoms with Crippen molar-refractivity contribution in [2.24, 2.45) is 0 Å². The molecule has 1 aromatic carbocycles. The molecule has 0 atom stereocenters. The molecule has 118 valence electrons. The molecule has 2 aromatic rings. The van der Waals surface area contributed by atoms with E-state index in [2.05, 4.69) is 20.6 Å². The van der Waals surface area contributed by atoms with E-state index in [1.165, 1.54) is 6.33 Å². The van der Waals surface area contributed by atoms with E-state index in [0.717, 1.165) is 17.1 Å². The number of aryl methyl sites for hydroxylation is 1. The minimum Gasteiger partial charge on any atom is -0.495 e. The van der Waals surface area contributed by atoms with Gasteiger partial charge in [0.05, 0.1) is 19.4 Å².